The third kappa shape index (κ3) is 4.97. The number of carbonyl (C=O) groups excluding carboxylic acids is 1. The highest BCUT2D eigenvalue weighted by atomic mass is 32.2. The van der Waals surface area contributed by atoms with E-state index in [0.29, 0.717) is 5.69 Å². The van der Waals surface area contributed by atoms with Crippen LogP contribution < -0.4 is 9.44 Å². The minimum Gasteiger partial charge on any atom is -0.465 e. The van der Waals surface area contributed by atoms with Gasteiger partial charge in [0.2, 0.25) is 0 Å². The Morgan fingerprint density at radius 1 is 0.667 bits per heavy atom. The van der Waals surface area contributed by atoms with Crippen LogP contribution in [0.2, 0.25) is 0 Å². The number of para-hydroxylation sites is 1. The second-order valence-electron chi connectivity index (χ2n) is 6.12. The second-order valence-corrected chi connectivity index (χ2v) is 9.48. The Hall–Kier alpha value is -3.37. The van der Waals surface area contributed by atoms with Crippen LogP contribution in [0.1, 0.15) is 10.4 Å². The van der Waals surface area contributed by atoms with Gasteiger partial charge in [0.05, 0.1) is 22.5 Å². The maximum atomic E-state index is 12.5. The van der Waals surface area contributed by atoms with Gasteiger partial charge in [-0.1, -0.05) is 18.2 Å². The van der Waals surface area contributed by atoms with Crippen LogP contribution in [-0.2, 0) is 24.8 Å². The average Bonchev–Trinajstić information content (AvgIpc) is 2.74. The lowest BCUT2D eigenvalue weighted by Gasteiger charge is -2.11. The third-order valence-electron chi connectivity index (χ3n) is 4.03. The van der Waals surface area contributed by atoms with E-state index in [4.69, 9.17) is 0 Å². The van der Waals surface area contributed by atoms with Crippen LogP contribution in [0, 0.1) is 0 Å². The Balaban J connectivity index is 1.75. The fraction of sp³-hybridized carbons (Fsp3) is 0.0500. The maximum Gasteiger partial charge on any atom is 0.337 e. The van der Waals surface area contributed by atoms with Crippen molar-refractivity contribution in [3.05, 3.63) is 84.4 Å². The Kier molecular flexibility index (Phi) is 6.09. The lowest BCUT2D eigenvalue weighted by Crippen LogP contribution is -2.14. The summed E-state index contributed by atoms with van der Waals surface area (Å²) < 4.78 is 59.3. The molecule has 0 atom stereocenters. The third-order valence-corrected chi connectivity index (χ3v) is 6.82. The highest BCUT2D eigenvalue weighted by Gasteiger charge is 2.17. The van der Waals surface area contributed by atoms with Crippen LogP contribution in [0.3, 0.4) is 0 Å². The molecule has 0 bridgehead atoms. The van der Waals surface area contributed by atoms with Crippen LogP contribution in [0.25, 0.3) is 0 Å². The molecule has 8 nitrogen and oxygen atoms in total. The number of rotatable bonds is 7. The smallest absolute Gasteiger partial charge is 0.337 e. The molecule has 0 saturated carbocycles. The second kappa shape index (κ2) is 8.56. The Bertz CT molecular complexity index is 1240. The monoisotopic (exact) mass is 446 g/mol. The standard InChI is InChI=1S/C20H18N2O6S2/c1-28-20(23)15-7-11-18(12-8-15)29(24,25)22-17-9-13-19(14-10-17)30(26,27)21-16-5-3-2-4-6-16/h2-14,21-22H,1H3. The highest BCUT2D eigenvalue weighted by Crippen LogP contribution is 2.21. The van der Waals surface area contributed by atoms with Crippen LogP contribution in [0.5, 0.6) is 0 Å². The molecule has 0 aromatic heterocycles. The number of nitrogens with one attached hydrogen (secondary N) is 2. The lowest BCUT2D eigenvalue weighted by molar-refractivity contribution is 0.0600. The summed E-state index contributed by atoms with van der Waals surface area (Å²) in [6.07, 6.45) is 0. The van der Waals surface area contributed by atoms with E-state index in [9.17, 15) is 21.6 Å². The summed E-state index contributed by atoms with van der Waals surface area (Å²) >= 11 is 0. The van der Waals surface area contributed by atoms with Crippen molar-refractivity contribution in [1.29, 1.82) is 0 Å². The molecule has 10 heteroatoms. The molecule has 30 heavy (non-hydrogen) atoms. The van der Waals surface area contributed by atoms with Gasteiger partial charge in [0.25, 0.3) is 20.0 Å². The SMILES string of the molecule is COC(=O)c1ccc(S(=O)(=O)Nc2ccc(S(=O)(=O)Nc3ccccc3)cc2)cc1. The number of anilines is 2. The van der Waals surface area contributed by atoms with Crippen LogP contribution in [-0.4, -0.2) is 29.9 Å². The summed E-state index contributed by atoms with van der Waals surface area (Å²) in [5.41, 5.74) is 0.820. The topological polar surface area (TPSA) is 119 Å². The molecule has 3 rings (SSSR count). The molecule has 2 N–H and O–H groups in total. The minimum absolute atomic E-state index is 0.0169. The van der Waals surface area contributed by atoms with Crippen molar-refractivity contribution in [2.45, 2.75) is 9.79 Å². The van der Waals surface area contributed by atoms with Gasteiger partial charge in [-0.25, -0.2) is 21.6 Å². The number of sulfonamides is 2. The van der Waals surface area contributed by atoms with Crippen molar-refractivity contribution < 1.29 is 26.4 Å². The van der Waals surface area contributed by atoms with Gasteiger partial charge in [0.15, 0.2) is 0 Å². The molecule has 0 amide bonds. The molecule has 0 unspecified atom stereocenters. The fourth-order valence-corrected chi connectivity index (χ4v) is 4.64. The first-order valence-electron chi connectivity index (χ1n) is 8.60. The van der Waals surface area contributed by atoms with Gasteiger partial charge in [-0.3, -0.25) is 9.44 Å². The van der Waals surface area contributed by atoms with E-state index >= 15 is 0 Å². The predicted molar refractivity (Wildman–Crippen MR) is 112 cm³/mol. The first-order valence-corrected chi connectivity index (χ1v) is 11.6. The molecule has 0 heterocycles. The van der Waals surface area contributed by atoms with Crippen LogP contribution >= 0.6 is 0 Å². The quantitative estimate of drug-likeness (QED) is 0.539. The van der Waals surface area contributed by atoms with E-state index in [2.05, 4.69) is 14.2 Å². The molecular weight excluding hydrogens is 428 g/mol. The van der Waals surface area contributed by atoms with Crippen molar-refractivity contribution in [2.24, 2.45) is 0 Å². The van der Waals surface area contributed by atoms with Gasteiger partial charge >= 0.3 is 5.97 Å². The van der Waals surface area contributed by atoms with Crippen molar-refractivity contribution in [3.8, 4) is 0 Å². The molecule has 0 aliphatic rings. The zero-order chi connectivity index (χ0) is 21.8. The molecule has 3 aromatic rings. The predicted octanol–water partition coefficient (Wildman–Crippen LogP) is 3.07. The average molecular weight is 447 g/mol. The summed E-state index contributed by atoms with van der Waals surface area (Å²) in [6.45, 7) is 0. The summed E-state index contributed by atoms with van der Waals surface area (Å²) in [6, 6.07) is 18.9. The summed E-state index contributed by atoms with van der Waals surface area (Å²) in [7, 11) is -6.51. The Labute approximate surface area is 174 Å². The number of ether oxygens (including phenoxy) is 1. The van der Waals surface area contributed by atoms with Crippen molar-refractivity contribution in [2.75, 3.05) is 16.6 Å². The number of methoxy groups -OCH3 is 1. The minimum atomic E-state index is -3.93. The number of benzene rings is 3. The molecule has 3 aromatic carbocycles. The number of carbonyl (C=O) groups is 1. The first kappa shape index (κ1) is 21.3. The van der Waals surface area contributed by atoms with Gasteiger partial charge in [-0.05, 0) is 60.7 Å². The number of hydrogen-bond donors (Lipinski definition) is 2. The van der Waals surface area contributed by atoms with Crippen molar-refractivity contribution in [3.63, 3.8) is 0 Å². The summed E-state index contributed by atoms with van der Waals surface area (Å²) in [5, 5.41) is 0. The molecule has 0 aliphatic carbocycles. The van der Waals surface area contributed by atoms with Gasteiger partial charge in [0, 0.05) is 11.4 Å². The fourth-order valence-electron chi connectivity index (χ4n) is 2.52. The molecule has 0 radical (unpaired) electrons. The number of hydrogen-bond acceptors (Lipinski definition) is 6. The maximum absolute atomic E-state index is 12.5. The van der Waals surface area contributed by atoms with Gasteiger partial charge in [0.1, 0.15) is 0 Å². The van der Waals surface area contributed by atoms with E-state index < -0.39 is 26.0 Å². The molecule has 0 saturated heterocycles. The zero-order valence-electron chi connectivity index (χ0n) is 15.8. The lowest BCUT2D eigenvalue weighted by atomic mass is 10.2. The van der Waals surface area contributed by atoms with Gasteiger partial charge < -0.3 is 4.74 Å². The highest BCUT2D eigenvalue weighted by molar-refractivity contribution is 7.93. The Morgan fingerprint density at radius 3 is 1.57 bits per heavy atom. The van der Waals surface area contributed by atoms with E-state index in [1.807, 2.05) is 0 Å². The van der Waals surface area contributed by atoms with E-state index in [0.717, 1.165) is 0 Å². The van der Waals surface area contributed by atoms with E-state index in [1.54, 1.807) is 30.3 Å². The first-order chi connectivity index (χ1) is 14.2. The largest absolute Gasteiger partial charge is 0.465 e. The van der Waals surface area contributed by atoms with Crippen LogP contribution in [0.4, 0.5) is 11.4 Å². The Morgan fingerprint density at radius 2 is 1.10 bits per heavy atom. The van der Waals surface area contributed by atoms with Gasteiger partial charge in [-0.15, -0.1) is 0 Å². The normalized spacial score (nSPS) is 11.5. The molecule has 0 fully saturated rings. The van der Waals surface area contributed by atoms with Crippen LogP contribution in [0.15, 0.2) is 88.7 Å². The zero-order valence-corrected chi connectivity index (χ0v) is 17.4. The molecule has 156 valence electrons. The van der Waals surface area contributed by atoms with Crippen molar-refractivity contribution in [1.82, 2.24) is 0 Å². The van der Waals surface area contributed by atoms with E-state index in [-0.39, 0.29) is 21.0 Å². The van der Waals surface area contributed by atoms with Gasteiger partial charge in [-0.2, -0.15) is 0 Å². The number of esters is 1. The molecular formula is C20H18N2O6S2. The molecule has 0 spiro atoms. The molecule has 0 aliphatic heterocycles. The summed E-state index contributed by atoms with van der Waals surface area (Å²) in [5.74, 6) is -0.576. The summed E-state index contributed by atoms with van der Waals surface area (Å²) in [4.78, 5) is 11.4. The van der Waals surface area contributed by atoms with E-state index in [1.165, 1.54) is 55.6 Å². The van der Waals surface area contributed by atoms with Crippen molar-refractivity contribution >= 4 is 37.4 Å².